The van der Waals surface area contributed by atoms with Crippen LogP contribution in [0.4, 0.5) is 0 Å². The molecule has 0 bridgehead atoms. The summed E-state index contributed by atoms with van der Waals surface area (Å²) in [6, 6.07) is 0. The summed E-state index contributed by atoms with van der Waals surface area (Å²) in [6.45, 7) is 9.86. The van der Waals surface area contributed by atoms with E-state index in [1.54, 1.807) is 0 Å². The molecule has 0 aromatic heterocycles. The van der Waals surface area contributed by atoms with Crippen LogP contribution in [-0.4, -0.2) is 41.6 Å². The molecule has 0 aromatic rings. The van der Waals surface area contributed by atoms with Gasteiger partial charge in [-0.3, -0.25) is 0 Å². The number of nitrogens with one attached hydrogen (secondary N) is 1. The molecule has 0 heterocycles. The zero-order valence-corrected chi connectivity index (χ0v) is 6.41. The van der Waals surface area contributed by atoms with Gasteiger partial charge in [0.05, 0.1) is 0 Å². The van der Waals surface area contributed by atoms with Gasteiger partial charge in [-0.2, -0.15) is 0 Å². The topological polar surface area (TPSA) is 12.0 Å². The van der Waals surface area contributed by atoms with Crippen LogP contribution in [0.25, 0.3) is 0 Å². The van der Waals surface area contributed by atoms with Gasteiger partial charge in [0, 0.05) is 5.54 Å². The SMILES string of the molecule is CCCNC(C)(C)C.[NaH]. The van der Waals surface area contributed by atoms with Crippen LogP contribution < -0.4 is 5.32 Å². The molecule has 0 unspecified atom stereocenters. The second-order valence-corrected chi connectivity index (χ2v) is 3.18. The Labute approximate surface area is 80.9 Å². The van der Waals surface area contributed by atoms with Crippen LogP contribution in [0.2, 0.25) is 0 Å². The van der Waals surface area contributed by atoms with E-state index in [1.165, 1.54) is 6.42 Å². The summed E-state index contributed by atoms with van der Waals surface area (Å²) in [4.78, 5) is 0. The van der Waals surface area contributed by atoms with Crippen molar-refractivity contribution in [3.63, 3.8) is 0 Å². The van der Waals surface area contributed by atoms with Gasteiger partial charge in [0.25, 0.3) is 0 Å². The van der Waals surface area contributed by atoms with Crippen LogP contribution in [0.15, 0.2) is 0 Å². The van der Waals surface area contributed by atoms with Crippen molar-refractivity contribution in [2.24, 2.45) is 0 Å². The van der Waals surface area contributed by atoms with Crippen molar-refractivity contribution in [1.82, 2.24) is 5.32 Å². The van der Waals surface area contributed by atoms with E-state index in [0.29, 0.717) is 5.54 Å². The predicted octanol–water partition coefficient (Wildman–Crippen LogP) is 1.14. The molecule has 0 saturated heterocycles. The van der Waals surface area contributed by atoms with Crippen molar-refractivity contribution < 1.29 is 0 Å². The fraction of sp³-hybridized carbons (Fsp3) is 1.00. The van der Waals surface area contributed by atoms with Crippen LogP contribution in [0.5, 0.6) is 0 Å². The average molecular weight is 139 g/mol. The summed E-state index contributed by atoms with van der Waals surface area (Å²) in [6.07, 6.45) is 1.22. The zero-order chi connectivity index (χ0) is 6.62. The summed E-state index contributed by atoms with van der Waals surface area (Å²) in [5.41, 5.74) is 0.302. The van der Waals surface area contributed by atoms with Gasteiger partial charge in [0.1, 0.15) is 0 Å². The van der Waals surface area contributed by atoms with E-state index < -0.39 is 0 Å². The molecule has 0 aromatic carbocycles. The normalized spacial score (nSPS) is 10.7. The Morgan fingerprint density at radius 1 is 1.22 bits per heavy atom. The molecule has 0 rings (SSSR count). The van der Waals surface area contributed by atoms with E-state index in [1.807, 2.05) is 0 Å². The molecule has 1 nitrogen and oxygen atoms in total. The second-order valence-electron chi connectivity index (χ2n) is 3.18. The van der Waals surface area contributed by atoms with Gasteiger partial charge in [-0.25, -0.2) is 0 Å². The fourth-order valence-electron chi connectivity index (χ4n) is 0.500. The van der Waals surface area contributed by atoms with E-state index in [4.69, 9.17) is 0 Å². The molecule has 0 aliphatic carbocycles. The van der Waals surface area contributed by atoms with Crippen molar-refractivity contribution >= 4 is 29.6 Å². The molecule has 0 aliphatic heterocycles. The van der Waals surface area contributed by atoms with Gasteiger partial charge in [-0.15, -0.1) is 0 Å². The summed E-state index contributed by atoms with van der Waals surface area (Å²) in [5.74, 6) is 0. The Bertz CT molecular complexity index is 56.4. The minimum atomic E-state index is 0. The van der Waals surface area contributed by atoms with E-state index in [-0.39, 0.29) is 29.6 Å². The molecule has 9 heavy (non-hydrogen) atoms. The summed E-state index contributed by atoms with van der Waals surface area (Å²) in [7, 11) is 0. The molecule has 52 valence electrons. The van der Waals surface area contributed by atoms with Gasteiger partial charge in [-0.1, -0.05) is 6.92 Å². The molecule has 0 radical (unpaired) electrons. The molecule has 1 N–H and O–H groups in total. The molecule has 0 saturated carbocycles. The van der Waals surface area contributed by atoms with Gasteiger partial charge in [0.2, 0.25) is 0 Å². The molecule has 2 heteroatoms. The Morgan fingerprint density at radius 3 is 1.78 bits per heavy atom. The maximum absolute atomic E-state index is 3.37. The molecule has 0 amide bonds. The van der Waals surface area contributed by atoms with E-state index in [9.17, 15) is 0 Å². The first-order valence-electron chi connectivity index (χ1n) is 3.31. The maximum atomic E-state index is 3.37. The Balaban J connectivity index is 0. The molecule has 0 fully saturated rings. The molecule has 0 aliphatic rings. The van der Waals surface area contributed by atoms with E-state index in [0.717, 1.165) is 6.54 Å². The first kappa shape index (κ1) is 12.6. The zero-order valence-electron chi connectivity index (χ0n) is 6.41. The fourth-order valence-corrected chi connectivity index (χ4v) is 0.500. The van der Waals surface area contributed by atoms with E-state index in [2.05, 4.69) is 33.0 Å². The first-order chi connectivity index (χ1) is 3.56. The van der Waals surface area contributed by atoms with Gasteiger partial charge in [0.15, 0.2) is 0 Å². The van der Waals surface area contributed by atoms with Gasteiger partial charge >= 0.3 is 29.6 Å². The Hall–Kier alpha value is 0.960. The van der Waals surface area contributed by atoms with Crippen molar-refractivity contribution in [3.8, 4) is 0 Å². The summed E-state index contributed by atoms with van der Waals surface area (Å²) < 4.78 is 0. The number of hydrogen-bond donors (Lipinski definition) is 1. The quantitative estimate of drug-likeness (QED) is 0.566. The molecular formula is C7H18NNa. The number of rotatable bonds is 2. The third-order valence-corrected chi connectivity index (χ3v) is 0.905. The second kappa shape index (κ2) is 5.72. The van der Waals surface area contributed by atoms with Crippen molar-refractivity contribution in [2.75, 3.05) is 6.54 Å². The summed E-state index contributed by atoms with van der Waals surface area (Å²) in [5, 5.41) is 3.37. The number of hydrogen-bond acceptors (Lipinski definition) is 1. The van der Waals surface area contributed by atoms with Crippen LogP contribution in [0, 0.1) is 0 Å². The van der Waals surface area contributed by atoms with Crippen molar-refractivity contribution in [1.29, 1.82) is 0 Å². The average Bonchev–Trinajstić information content (AvgIpc) is 1.59. The molecule has 0 atom stereocenters. The van der Waals surface area contributed by atoms with Crippen LogP contribution in [-0.2, 0) is 0 Å². The van der Waals surface area contributed by atoms with Gasteiger partial charge in [-0.05, 0) is 33.7 Å². The third-order valence-electron chi connectivity index (χ3n) is 0.905. The Morgan fingerprint density at radius 2 is 1.67 bits per heavy atom. The molecule has 0 spiro atoms. The van der Waals surface area contributed by atoms with E-state index >= 15 is 0 Å². The van der Waals surface area contributed by atoms with Crippen LogP contribution >= 0.6 is 0 Å². The third kappa shape index (κ3) is 12.2. The monoisotopic (exact) mass is 139 g/mol. The summed E-state index contributed by atoms with van der Waals surface area (Å²) >= 11 is 0. The minimum absolute atomic E-state index is 0. The first-order valence-corrected chi connectivity index (χ1v) is 3.31. The Kier molecular flexibility index (Phi) is 8.02. The predicted molar refractivity (Wildman–Crippen MR) is 45.2 cm³/mol. The van der Waals surface area contributed by atoms with Crippen molar-refractivity contribution in [2.45, 2.75) is 39.7 Å². The van der Waals surface area contributed by atoms with Gasteiger partial charge < -0.3 is 5.32 Å². The molecular weight excluding hydrogens is 121 g/mol. The van der Waals surface area contributed by atoms with Crippen LogP contribution in [0.1, 0.15) is 34.1 Å². The van der Waals surface area contributed by atoms with Crippen molar-refractivity contribution in [3.05, 3.63) is 0 Å². The standard InChI is InChI=1S/C7H17N.Na.H/c1-5-6-8-7(2,3)4;;/h8H,5-6H2,1-4H3;;. The van der Waals surface area contributed by atoms with Crippen LogP contribution in [0.3, 0.4) is 0 Å².